The fraction of sp³-hybridized carbons (Fsp3) is 0.533. The second-order valence-corrected chi connectivity index (χ2v) is 6.96. The molecule has 2 aliphatic rings. The summed E-state index contributed by atoms with van der Waals surface area (Å²) in [7, 11) is 0. The molecule has 2 unspecified atom stereocenters. The Morgan fingerprint density at radius 1 is 1.48 bits per heavy atom. The van der Waals surface area contributed by atoms with Crippen LogP contribution in [0.5, 0.6) is 5.75 Å². The van der Waals surface area contributed by atoms with Crippen LogP contribution in [0.1, 0.15) is 26.2 Å². The predicted molar refractivity (Wildman–Crippen MR) is 88.2 cm³/mol. The number of hydrogen-bond acceptors (Lipinski definition) is 5. The predicted octanol–water partition coefficient (Wildman–Crippen LogP) is 2.69. The van der Waals surface area contributed by atoms with E-state index in [1.54, 1.807) is 6.07 Å². The van der Waals surface area contributed by atoms with Gasteiger partial charge in [-0.1, -0.05) is 13.3 Å². The SMILES string of the molecule is CCSC1CCCC1Nc1cc2c(cc1N)OCC(=O)N2. The monoisotopic (exact) mass is 307 g/mol. The van der Waals surface area contributed by atoms with Gasteiger partial charge in [0.15, 0.2) is 6.61 Å². The quantitative estimate of drug-likeness (QED) is 0.746. The number of fused-ring (bicyclic) bond motifs is 1. The Balaban J connectivity index is 1.79. The van der Waals surface area contributed by atoms with Crippen molar-refractivity contribution in [3.8, 4) is 5.75 Å². The van der Waals surface area contributed by atoms with Crippen molar-refractivity contribution in [3.63, 3.8) is 0 Å². The van der Waals surface area contributed by atoms with Crippen LogP contribution in [0.15, 0.2) is 12.1 Å². The van der Waals surface area contributed by atoms with Gasteiger partial charge in [-0.25, -0.2) is 0 Å². The molecule has 0 saturated heterocycles. The molecule has 0 spiro atoms. The summed E-state index contributed by atoms with van der Waals surface area (Å²) in [6.45, 7) is 2.25. The molecule has 5 nitrogen and oxygen atoms in total. The lowest BCUT2D eigenvalue weighted by molar-refractivity contribution is -0.118. The Hall–Kier alpha value is -1.56. The molecule has 1 aliphatic heterocycles. The molecule has 3 rings (SSSR count). The molecule has 1 amide bonds. The molecular formula is C15H21N3O2S. The van der Waals surface area contributed by atoms with Gasteiger partial charge in [0.1, 0.15) is 5.75 Å². The summed E-state index contributed by atoms with van der Waals surface area (Å²) in [5.41, 5.74) is 8.36. The Kier molecular flexibility index (Phi) is 4.14. The molecule has 0 bridgehead atoms. The van der Waals surface area contributed by atoms with Gasteiger partial charge in [0.05, 0.1) is 17.1 Å². The largest absolute Gasteiger partial charge is 0.482 e. The fourth-order valence-corrected chi connectivity index (χ4v) is 4.17. The first-order valence-electron chi connectivity index (χ1n) is 7.41. The Bertz CT molecular complexity index is 550. The molecule has 1 fully saturated rings. The molecule has 0 radical (unpaired) electrons. The number of hydrogen-bond donors (Lipinski definition) is 3. The van der Waals surface area contributed by atoms with E-state index in [2.05, 4.69) is 17.6 Å². The van der Waals surface area contributed by atoms with Crippen LogP contribution < -0.4 is 21.1 Å². The highest BCUT2D eigenvalue weighted by Crippen LogP contribution is 2.38. The standard InChI is InChI=1S/C15H21N3O2S/c1-2-21-14-5-3-4-10(14)17-11-7-12-13(6-9(11)16)20-8-15(19)18-12/h6-7,10,14,17H,2-5,8,16H2,1H3,(H,18,19). The van der Waals surface area contributed by atoms with Crippen molar-refractivity contribution in [2.75, 3.05) is 28.7 Å². The van der Waals surface area contributed by atoms with Crippen molar-refractivity contribution in [1.29, 1.82) is 0 Å². The van der Waals surface area contributed by atoms with Gasteiger partial charge >= 0.3 is 0 Å². The molecule has 21 heavy (non-hydrogen) atoms. The van der Waals surface area contributed by atoms with E-state index in [0.717, 1.165) is 17.9 Å². The normalized spacial score (nSPS) is 24.1. The van der Waals surface area contributed by atoms with Crippen LogP contribution in [0.4, 0.5) is 17.1 Å². The molecule has 2 atom stereocenters. The maximum atomic E-state index is 11.4. The fourth-order valence-electron chi connectivity index (χ4n) is 2.97. The Labute approximate surface area is 129 Å². The maximum Gasteiger partial charge on any atom is 0.262 e. The summed E-state index contributed by atoms with van der Waals surface area (Å²) in [6.07, 6.45) is 3.66. The van der Waals surface area contributed by atoms with E-state index in [4.69, 9.17) is 10.5 Å². The minimum Gasteiger partial charge on any atom is -0.482 e. The smallest absolute Gasteiger partial charge is 0.262 e. The van der Waals surface area contributed by atoms with E-state index >= 15 is 0 Å². The maximum absolute atomic E-state index is 11.4. The van der Waals surface area contributed by atoms with Crippen molar-refractivity contribution in [1.82, 2.24) is 0 Å². The number of benzene rings is 1. The first kappa shape index (κ1) is 14.4. The number of amides is 1. The van der Waals surface area contributed by atoms with Crippen molar-refractivity contribution >= 4 is 34.7 Å². The lowest BCUT2D eigenvalue weighted by Crippen LogP contribution is -2.28. The first-order valence-corrected chi connectivity index (χ1v) is 8.46. The lowest BCUT2D eigenvalue weighted by atomic mass is 10.1. The number of carbonyl (C=O) groups is 1. The minimum atomic E-state index is -0.126. The molecular weight excluding hydrogens is 286 g/mol. The van der Waals surface area contributed by atoms with E-state index in [-0.39, 0.29) is 12.5 Å². The number of thioether (sulfide) groups is 1. The van der Waals surface area contributed by atoms with Crippen molar-refractivity contribution in [2.45, 2.75) is 37.5 Å². The van der Waals surface area contributed by atoms with Crippen LogP contribution in [-0.2, 0) is 4.79 Å². The van der Waals surface area contributed by atoms with E-state index in [0.29, 0.717) is 28.4 Å². The van der Waals surface area contributed by atoms with Gasteiger partial charge < -0.3 is 21.1 Å². The second-order valence-electron chi connectivity index (χ2n) is 5.45. The van der Waals surface area contributed by atoms with Crippen LogP contribution in [0.3, 0.4) is 0 Å². The third kappa shape index (κ3) is 3.05. The third-order valence-electron chi connectivity index (χ3n) is 3.96. The Morgan fingerprint density at radius 3 is 3.14 bits per heavy atom. The highest BCUT2D eigenvalue weighted by atomic mass is 32.2. The summed E-state index contributed by atoms with van der Waals surface area (Å²) in [5, 5.41) is 7.02. The summed E-state index contributed by atoms with van der Waals surface area (Å²) in [5.74, 6) is 1.65. The summed E-state index contributed by atoms with van der Waals surface area (Å²) in [4.78, 5) is 11.4. The molecule has 1 saturated carbocycles. The number of rotatable bonds is 4. The van der Waals surface area contributed by atoms with Crippen molar-refractivity contribution in [3.05, 3.63) is 12.1 Å². The molecule has 1 aromatic carbocycles. The zero-order valence-electron chi connectivity index (χ0n) is 12.1. The topological polar surface area (TPSA) is 76.4 Å². The van der Waals surface area contributed by atoms with Gasteiger partial charge in [0, 0.05) is 17.4 Å². The molecule has 1 heterocycles. The lowest BCUT2D eigenvalue weighted by Gasteiger charge is -2.24. The van der Waals surface area contributed by atoms with E-state index in [1.807, 2.05) is 17.8 Å². The van der Waals surface area contributed by atoms with Crippen LogP contribution in [-0.4, -0.2) is 29.6 Å². The van der Waals surface area contributed by atoms with Crippen LogP contribution >= 0.6 is 11.8 Å². The molecule has 4 N–H and O–H groups in total. The third-order valence-corrected chi connectivity index (χ3v) is 5.28. The minimum absolute atomic E-state index is 0.0526. The average molecular weight is 307 g/mol. The van der Waals surface area contributed by atoms with Crippen molar-refractivity contribution < 1.29 is 9.53 Å². The number of nitrogens with one attached hydrogen (secondary N) is 2. The molecule has 0 aromatic heterocycles. The average Bonchev–Trinajstić information content (AvgIpc) is 2.88. The van der Waals surface area contributed by atoms with Gasteiger partial charge in [-0.15, -0.1) is 0 Å². The number of nitrogens with two attached hydrogens (primary N) is 1. The van der Waals surface area contributed by atoms with Gasteiger partial charge in [-0.3, -0.25) is 4.79 Å². The number of carbonyl (C=O) groups excluding carboxylic acids is 1. The number of anilines is 3. The molecule has 1 aliphatic carbocycles. The van der Waals surface area contributed by atoms with Crippen LogP contribution in [0.2, 0.25) is 0 Å². The molecule has 6 heteroatoms. The first-order chi connectivity index (χ1) is 10.2. The zero-order valence-corrected chi connectivity index (χ0v) is 13.0. The van der Waals surface area contributed by atoms with E-state index in [1.165, 1.54) is 12.8 Å². The van der Waals surface area contributed by atoms with Crippen molar-refractivity contribution in [2.24, 2.45) is 0 Å². The van der Waals surface area contributed by atoms with Crippen LogP contribution in [0.25, 0.3) is 0 Å². The number of ether oxygens (including phenoxy) is 1. The summed E-state index contributed by atoms with van der Waals surface area (Å²) < 4.78 is 5.38. The Morgan fingerprint density at radius 2 is 2.33 bits per heavy atom. The molecule has 114 valence electrons. The highest BCUT2D eigenvalue weighted by molar-refractivity contribution is 7.99. The summed E-state index contributed by atoms with van der Waals surface area (Å²) >= 11 is 2.00. The molecule has 1 aromatic rings. The zero-order chi connectivity index (χ0) is 14.8. The van der Waals surface area contributed by atoms with E-state index < -0.39 is 0 Å². The van der Waals surface area contributed by atoms with Gasteiger partial charge in [0.2, 0.25) is 0 Å². The second kappa shape index (κ2) is 6.05. The van der Waals surface area contributed by atoms with Crippen LogP contribution in [0, 0.1) is 0 Å². The van der Waals surface area contributed by atoms with E-state index in [9.17, 15) is 4.79 Å². The van der Waals surface area contributed by atoms with Gasteiger partial charge in [-0.05, 0) is 24.7 Å². The number of nitrogen functional groups attached to an aromatic ring is 1. The summed E-state index contributed by atoms with van der Waals surface area (Å²) in [6, 6.07) is 4.11. The van der Waals surface area contributed by atoms with Gasteiger partial charge in [0.25, 0.3) is 5.91 Å². The highest BCUT2D eigenvalue weighted by Gasteiger charge is 2.28. The van der Waals surface area contributed by atoms with Gasteiger partial charge in [-0.2, -0.15) is 11.8 Å².